The third-order valence-electron chi connectivity index (χ3n) is 4.56. The summed E-state index contributed by atoms with van der Waals surface area (Å²) in [5, 5.41) is 3.38. The van der Waals surface area contributed by atoms with Gasteiger partial charge in [0.05, 0.1) is 18.1 Å². The quantitative estimate of drug-likeness (QED) is 0.851. The number of likely N-dealkylation sites (tertiary alicyclic amines) is 1. The van der Waals surface area contributed by atoms with E-state index in [1.165, 1.54) is 37.9 Å². The summed E-state index contributed by atoms with van der Waals surface area (Å²) in [6.45, 7) is 5.71. The summed E-state index contributed by atoms with van der Waals surface area (Å²) >= 11 is 0. The van der Waals surface area contributed by atoms with Gasteiger partial charge in [-0.2, -0.15) is 0 Å². The van der Waals surface area contributed by atoms with Gasteiger partial charge in [0.1, 0.15) is 0 Å². The number of nitrogens with zero attached hydrogens (tertiary/aromatic N) is 3. The van der Waals surface area contributed by atoms with E-state index in [-0.39, 0.29) is 0 Å². The van der Waals surface area contributed by atoms with Crippen molar-refractivity contribution in [2.24, 2.45) is 5.92 Å². The number of hydrogen-bond donors (Lipinski definition) is 1. The van der Waals surface area contributed by atoms with Crippen LogP contribution < -0.4 is 5.32 Å². The van der Waals surface area contributed by atoms with Crippen molar-refractivity contribution in [3.05, 3.63) is 18.2 Å². The van der Waals surface area contributed by atoms with Crippen LogP contribution in [0.3, 0.4) is 0 Å². The Labute approximate surface area is 116 Å². The van der Waals surface area contributed by atoms with Crippen LogP contribution >= 0.6 is 0 Å². The summed E-state index contributed by atoms with van der Waals surface area (Å²) in [6.07, 6.45) is 9.40. The number of aryl methyl sites for hydroxylation is 1. The Morgan fingerprint density at radius 1 is 1.37 bits per heavy atom. The Balaban J connectivity index is 1.85. The highest BCUT2D eigenvalue weighted by Crippen LogP contribution is 2.43. The molecule has 2 aliphatic rings. The lowest BCUT2D eigenvalue weighted by Gasteiger charge is -2.29. The molecule has 0 spiro atoms. The Hall–Kier alpha value is -0.870. The molecule has 2 heterocycles. The number of aromatic nitrogens is 2. The smallest absolute Gasteiger partial charge is 0.0948 e. The molecule has 1 aromatic heterocycles. The second kappa shape index (κ2) is 5.63. The third-order valence-corrected chi connectivity index (χ3v) is 4.56. The van der Waals surface area contributed by atoms with Crippen molar-refractivity contribution in [2.45, 2.75) is 51.2 Å². The van der Waals surface area contributed by atoms with E-state index in [1.807, 2.05) is 6.33 Å². The zero-order valence-corrected chi connectivity index (χ0v) is 12.2. The second-order valence-electron chi connectivity index (χ2n) is 6.03. The van der Waals surface area contributed by atoms with Crippen molar-refractivity contribution in [1.82, 2.24) is 19.8 Å². The van der Waals surface area contributed by atoms with E-state index in [2.05, 4.69) is 39.9 Å². The molecule has 2 atom stereocenters. The molecule has 19 heavy (non-hydrogen) atoms. The van der Waals surface area contributed by atoms with Gasteiger partial charge in [-0.05, 0) is 51.7 Å². The van der Waals surface area contributed by atoms with Crippen LogP contribution in [0, 0.1) is 5.92 Å². The minimum atomic E-state index is 0.578. The third kappa shape index (κ3) is 2.56. The lowest BCUT2D eigenvalue weighted by molar-refractivity contribution is 0.208. The molecule has 106 valence electrons. The largest absolute Gasteiger partial charge is 0.333 e. The molecule has 1 aliphatic carbocycles. The molecule has 0 aromatic carbocycles. The monoisotopic (exact) mass is 262 g/mol. The zero-order valence-electron chi connectivity index (χ0n) is 12.2. The first-order valence-corrected chi connectivity index (χ1v) is 7.75. The standard InChI is InChI=1S/C15H26N4/c1-3-7-18-11-17-10-14(18)15-12(9-16-2)6-8-19(15)13-4-5-13/h10-13,15-16H,3-9H2,1-2H3. The van der Waals surface area contributed by atoms with Gasteiger partial charge in [-0.1, -0.05) is 6.92 Å². The van der Waals surface area contributed by atoms with Gasteiger partial charge in [-0.25, -0.2) is 4.98 Å². The molecule has 2 unspecified atom stereocenters. The Morgan fingerprint density at radius 3 is 2.89 bits per heavy atom. The summed E-state index contributed by atoms with van der Waals surface area (Å²) in [7, 11) is 2.07. The molecule has 1 N–H and O–H groups in total. The molecule has 4 nitrogen and oxygen atoms in total. The van der Waals surface area contributed by atoms with Gasteiger partial charge in [-0.15, -0.1) is 0 Å². The van der Waals surface area contributed by atoms with E-state index in [1.54, 1.807) is 0 Å². The normalized spacial score (nSPS) is 28.1. The van der Waals surface area contributed by atoms with E-state index < -0.39 is 0 Å². The van der Waals surface area contributed by atoms with Gasteiger partial charge >= 0.3 is 0 Å². The van der Waals surface area contributed by atoms with Crippen molar-refractivity contribution >= 4 is 0 Å². The lowest BCUT2D eigenvalue weighted by atomic mass is 9.97. The molecule has 4 heteroatoms. The zero-order chi connectivity index (χ0) is 13.2. The average Bonchev–Trinajstić information content (AvgIpc) is 3.02. The lowest BCUT2D eigenvalue weighted by Crippen LogP contribution is -2.32. The highest BCUT2D eigenvalue weighted by molar-refractivity contribution is 5.12. The Bertz CT molecular complexity index is 410. The minimum Gasteiger partial charge on any atom is -0.333 e. The van der Waals surface area contributed by atoms with E-state index in [0.29, 0.717) is 6.04 Å². The van der Waals surface area contributed by atoms with Crippen LogP contribution in [0.1, 0.15) is 44.3 Å². The van der Waals surface area contributed by atoms with Gasteiger partial charge in [0.2, 0.25) is 0 Å². The van der Waals surface area contributed by atoms with Crippen molar-refractivity contribution in [3.8, 4) is 0 Å². The van der Waals surface area contributed by atoms with Crippen molar-refractivity contribution in [3.63, 3.8) is 0 Å². The van der Waals surface area contributed by atoms with Crippen LogP contribution in [0.15, 0.2) is 12.5 Å². The molecule has 0 bridgehead atoms. The van der Waals surface area contributed by atoms with E-state index in [9.17, 15) is 0 Å². The van der Waals surface area contributed by atoms with Crippen LogP contribution in [-0.4, -0.2) is 40.6 Å². The van der Waals surface area contributed by atoms with Gasteiger partial charge in [0.15, 0.2) is 0 Å². The first-order valence-electron chi connectivity index (χ1n) is 7.75. The maximum absolute atomic E-state index is 4.41. The summed E-state index contributed by atoms with van der Waals surface area (Å²) in [4.78, 5) is 7.15. The highest BCUT2D eigenvalue weighted by Gasteiger charge is 2.43. The predicted octanol–water partition coefficient (Wildman–Crippen LogP) is 2.04. The van der Waals surface area contributed by atoms with Crippen molar-refractivity contribution < 1.29 is 0 Å². The highest BCUT2D eigenvalue weighted by atomic mass is 15.3. The predicted molar refractivity (Wildman–Crippen MR) is 77.0 cm³/mol. The molecule has 1 saturated heterocycles. The first-order chi connectivity index (χ1) is 9.35. The van der Waals surface area contributed by atoms with Crippen molar-refractivity contribution in [1.29, 1.82) is 0 Å². The fourth-order valence-electron chi connectivity index (χ4n) is 3.59. The molecular weight excluding hydrogens is 236 g/mol. The molecule has 2 fully saturated rings. The fourth-order valence-corrected chi connectivity index (χ4v) is 3.59. The van der Waals surface area contributed by atoms with Gasteiger partial charge < -0.3 is 9.88 Å². The van der Waals surface area contributed by atoms with Crippen LogP contribution in [-0.2, 0) is 6.54 Å². The van der Waals surface area contributed by atoms with Gasteiger partial charge in [-0.3, -0.25) is 4.90 Å². The topological polar surface area (TPSA) is 33.1 Å². The summed E-state index contributed by atoms with van der Waals surface area (Å²) < 4.78 is 2.37. The van der Waals surface area contributed by atoms with E-state index >= 15 is 0 Å². The molecule has 0 amide bonds. The number of rotatable bonds is 6. The maximum atomic E-state index is 4.41. The summed E-state index contributed by atoms with van der Waals surface area (Å²) in [6, 6.07) is 1.42. The number of nitrogens with one attached hydrogen (secondary N) is 1. The minimum absolute atomic E-state index is 0.578. The van der Waals surface area contributed by atoms with Crippen LogP contribution in [0.25, 0.3) is 0 Å². The SMILES string of the molecule is CCCn1cncc1C1C(CNC)CCN1C1CC1. The fraction of sp³-hybridized carbons (Fsp3) is 0.800. The molecule has 0 radical (unpaired) electrons. The second-order valence-corrected chi connectivity index (χ2v) is 6.03. The Morgan fingerprint density at radius 2 is 2.21 bits per heavy atom. The molecular formula is C15H26N4. The molecule has 3 rings (SSSR count). The van der Waals surface area contributed by atoms with Gasteiger partial charge in [0, 0.05) is 18.8 Å². The van der Waals surface area contributed by atoms with Crippen LogP contribution in [0.5, 0.6) is 0 Å². The van der Waals surface area contributed by atoms with Gasteiger partial charge in [0.25, 0.3) is 0 Å². The van der Waals surface area contributed by atoms with Crippen LogP contribution in [0.2, 0.25) is 0 Å². The van der Waals surface area contributed by atoms with Crippen LogP contribution in [0.4, 0.5) is 0 Å². The number of hydrogen-bond acceptors (Lipinski definition) is 3. The van der Waals surface area contributed by atoms with E-state index in [0.717, 1.165) is 25.0 Å². The maximum Gasteiger partial charge on any atom is 0.0948 e. The molecule has 1 saturated carbocycles. The number of imidazole rings is 1. The summed E-state index contributed by atoms with van der Waals surface area (Å²) in [5.74, 6) is 0.734. The average molecular weight is 262 g/mol. The Kier molecular flexibility index (Phi) is 3.89. The molecule has 1 aliphatic heterocycles. The summed E-state index contributed by atoms with van der Waals surface area (Å²) in [5.41, 5.74) is 1.44. The molecule has 1 aromatic rings. The first kappa shape index (κ1) is 13.1. The van der Waals surface area contributed by atoms with Crippen molar-refractivity contribution in [2.75, 3.05) is 20.1 Å². The van der Waals surface area contributed by atoms with E-state index in [4.69, 9.17) is 0 Å².